The van der Waals surface area contributed by atoms with Crippen LogP contribution in [0.4, 0.5) is 0 Å². The third-order valence-electron chi connectivity index (χ3n) is 3.63. The van der Waals surface area contributed by atoms with E-state index in [1.165, 1.54) is 0 Å². The Morgan fingerprint density at radius 3 is 2.31 bits per heavy atom. The van der Waals surface area contributed by atoms with Crippen LogP contribution >= 0.6 is 0 Å². The Bertz CT molecular complexity index is 234. The fraction of sp³-hybridized carbons (Fsp3) is 0.917. The van der Waals surface area contributed by atoms with Crippen molar-refractivity contribution >= 4 is 5.97 Å². The molecule has 1 rings (SSSR count). The second-order valence-electron chi connectivity index (χ2n) is 5.31. The Kier molecular flexibility index (Phi) is 4.74. The number of aliphatic carboxylic acids is 1. The number of hydrogen-bond acceptors (Lipinski definition) is 3. The highest BCUT2D eigenvalue weighted by atomic mass is 16.4. The Labute approximate surface area is 97.0 Å². The van der Waals surface area contributed by atoms with Crippen LogP contribution in [-0.2, 0) is 4.79 Å². The highest BCUT2D eigenvalue weighted by Gasteiger charge is 2.34. The van der Waals surface area contributed by atoms with E-state index in [-0.39, 0.29) is 17.9 Å². The van der Waals surface area contributed by atoms with Gasteiger partial charge in [0, 0.05) is 18.6 Å². The van der Waals surface area contributed by atoms with E-state index in [0.29, 0.717) is 6.54 Å². The summed E-state index contributed by atoms with van der Waals surface area (Å²) in [5.41, 5.74) is -0.0808. The summed E-state index contributed by atoms with van der Waals surface area (Å²) in [6.45, 7) is 4.56. The van der Waals surface area contributed by atoms with Crippen LogP contribution in [-0.4, -0.2) is 35.4 Å². The molecule has 0 aromatic carbocycles. The van der Waals surface area contributed by atoms with Crippen molar-refractivity contribution in [2.75, 3.05) is 13.2 Å². The molecule has 1 aliphatic rings. The monoisotopic (exact) mass is 229 g/mol. The number of carbonyl (C=O) groups is 1. The molecule has 1 atom stereocenters. The summed E-state index contributed by atoms with van der Waals surface area (Å²) in [5, 5.41) is 21.6. The lowest BCUT2D eigenvalue weighted by atomic mass is 9.86. The van der Waals surface area contributed by atoms with E-state index >= 15 is 0 Å². The Morgan fingerprint density at radius 2 is 1.94 bits per heavy atom. The van der Waals surface area contributed by atoms with E-state index in [0.717, 1.165) is 25.7 Å². The molecule has 0 radical (unpaired) electrons. The zero-order valence-corrected chi connectivity index (χ0v) is 10.2. The predicted octanol–water partition coefficient (Wildman–Crippen LogP) is 1.24. The summed E-state index contributed by atoms with van der Waals surface area (Å²) in [7, 11) is 0. The first kappa shape index (κ1) is 13.5. The molecule has 94 valence electrons. The fourth-order valence-electron chi connectivity index (χ4n) is 2.45. The van der Waals surface area contributed by atoms with Crippen molar-refractivity contribution in [1.29, 1.82) is 0 Å². The molecule has 0 bridgehead atoms. The van der Waals surface area contributed by atoms with Crippen molar-refractivity contribution in [2.24, 2.45) is 11.3 Å². The topological polar surface area (TPSA) is 69.6 Å². The van der Waals surface area contributed by atoms with Gasteiger partial charge in [-0.15, -0.1) is 0 Å². The Hall–Kier alpha value is -0.610. The second-order valence-corrected chi connectivity index (χ2v) is 5.31. The summed E-state index contributed by atoms with van der Waals surface area (Å²) < 4.78 is 0. The van der Waals surface area contributed by atoms with Crippen LogP contribution in [0, 0.1) is 11.3 Å². The average Bonchev–Trinajstić information content (AvgIpc) is 2.66. The molecule has 0 amide bonds. The number of aliphatic hydroxyl groups is 1. The Balaban J connectivity index is 2.50. The maximum absolute atomic E-state index is 11.0. The molecule has 0 aliphatic heterocycles. The van der Waals surface area contributed by atoms with Gasteiger partial charge in [-0.25, -0.2) is 0 Å². The van der Waals surface area contributed by atoms with Gasteiger partial charge in [-0.05, 0) is 18.8 Å². The highest BCUT2D eigenvalue weighted by Crippen LogP contribution is 2.37. The third kappa shape index (κ3) is 3.19. The number of nitrogens with one attached hydrogen (secondary N) is 1. The molecule has 3 N–H and O–H groups in total. The molecule has 0 aromatic heterocycles. The number of rotatable bonds is 6. The van der Waals surface area contributed by atoms with Crippen molar-refractivity contribution in [3.8, 4) is 0 Å². The van der Waals surface area contributed by atoms with Crippen LogP contribution in [0.2, 0.25) is 0 Å². The lowest BCUT2D eigenvalue weighted by molar-refractivity contribution is -0.140. The summed E-state index contributed by atoms with van der Waals surface area (Å²) in [6.07, 6.45) is 4.28. The maximum atomic E-state index is 11.0. The lowest BCUT2D eigenvalue weighted by Gasteiger charge is -2.29. The molecule has 0 aromatic rings. The molecule has 0 saturated heterocycles. The molecule has 1 fully saturated rings. The Morgan fingerprint density at radius 1 is 1.38 bits per heavy atom. The largest absolute Gasteiger partial charge is 0.480 e. The highest BCUT2D eigenvalue weighted by molar-refractivity contribution is 5.73. The first-order chi connectivity index (χ1) is 7.51. The van der Waals surface area contributed by atoms with Gasteiger partial charge in [0.2, 0.25) is 0 Å². The van der Waals surface area contributed by atoms with Crippen LogP contribution in [0.1, 0.15) is 39.5 Å². The maximum Gasteiger partial charge on any atom is 0.320 e. The van der Waals surface area contributed by atoms with Crippen LogP contribution in [0.15, 0.2) is 0 Å². The zero-order valence-electron chi connectivity index (χ0n) is 10.2. The van der Waals surface area contributed by atoms with E-state index < -0.39 is 12.0 Å². The molecule has 4 heteroatoms. The minimum atomic E-state index is -0.805. The van der Waals surface area contributed by atoms with E-state index in [9.17, 15) is 9.90 Å². The van der Waals surface area contributed by atoms with Gasteiger partial charge in [0.05, 0.1) is 0 Å². The molecule has 1 aliphatic carbocycles. The molecule has 0 spiro atoms. The molecular formula is C12H23NO3. The number of carboxylic acid groups (broad SMARTS) is 1. The number of aliphatic hydroxyl groups excluding tert-OH is 1. The first-order valence-electron chi connectivity index (χ1n) is 6.08. The van der Waals surface area contributed by atoms with Gasteiger partial charge in [0.15, 0.2) is 0 Å². The molecule has 4 nitrogen and oxygen atoms in total. The van der Waals surface area contributed by atoms with E-state index in [1.807, 2.05) is 13.8 Å². The molecule has 1 saturated carbocycles. The predicted molar refractivity (Wildman–Crippen MR) is 62.3 cm³/mol. The molecule has 1 unspecified atom stereocenters. The lowest BCUT2D eigenvalue weighted by Crippen LogP contribution is -2.46. The van der Waals surface area contributed by atoms with Gasteiger partial charge in [0.25, 0.3) is 0 Å². The zero-order chi connectivity index (χ0) is 12.2. The normalized spacial score (nSPS) is 21.2. The van der Waals surface area contributed by atoms with Crippen LogP contribution < -0.4 is 5.32 Å². The van der Waals surface area contributed by atoms with Crippen molar-refractivity contribution in [3.05, 3.63) is 0 Å². The van der Waals surface area contributed by atoms with Crippen molar-refractivity contribution in [1.82, 2.24) is 5.32 Å². The van der Waals surface area contributed by atoms with Crippen molar-refractivity contribution in [3.63, 3.8) is 0 Å². The van der Waals surface area contributed by atoms with Crippen LogP contribution in [0.3, 0.4) is 0 Å². The summed E-state index contributed by atoms with van der Waals surface area (Å²) in [5.74, 6) is -0.740. The van der Waals surface area contributed by atoms with Gasteiger partial charge in [-0.3, -0.25) is 4.79 Å². The van der Waals surface area contributed by atoms with E-state index in [1.54, 1.807) is 0 Å². The first-order valence-corrected chi connectivity index (χ1v) is 6.08. The van der Waals surface area contributed by atoms with Crippen LogP contribution in [0.25, 0.3) is 0 Å². The standard InChI is InChI=1S/C12H23NO3/c1-9(2)10(11(15)16)13-7-12(8-14)5-3-4-6-12/h9-10,13-14H,3-8H2,1-2H3,(H,15,16). The molecule has 16 heavy (non-hydrogen) atoms. The molecule has 0 heterocycles. The minimum Gasteiger partial charge on any atom is -0.480 e. The number of carboxylic acids is 1. The second kappa shape index (κ2) is 5.64. The summed E-state index contributed by atoms with van der Waals surface area (Å²) >= 11 is 0. The minimum absolute atomic E-state index is 0.0645. The van der Waals surface area contributed by atoms with Gasteiger partial charge in [0.1, 0.15) is 6.04 Å². The van der Waals surface area contributed by atoms with Gasteiger partial charge in [-0.1, -0.05) is 26.7 Å². The summed E-state index contributed by atoms with van der Waals surface area (Å²) in [6, 6.07) is -0.510. The van der Waals surface area contributed by atoms with Crippen LogP contribution in [0.5, 0.6) is 0 Å². The smallest absolute Gasteiger partial charge is 0.320 e. The fourth-order valence-corrected chi connectivity index (χ4v) is 2.45. The van der Waals surface area contributed by atoms with Gasteiger partial charge < -0.3 is 15.5 Å². The van der Waals surface area contributed by atoms with Crippen molar-refractivity contribution < 1.29 is 15.0 Å². The van der Waals surface area contributed by atoms with Crippen molar-refractivity contribution in [2.45, 2.75) is 45.6 Å². The summed E-state index contributed by atoms with van der Waals surface area (Å²) in [4.78, 5) is 11.0. The average molecular weight is 229 g/mol. The van der Waals surface area contributed by atoms with Gasteiger partial charge >= 0.3 is 5.97 Å². The van der Waals surface area contributed by atoms with Gasteiger partial charge in [-0.2, -0.15) is 0 Å². The number of hydrogen-bond donors (Lipinski definition) is 3. The molecular weight excluding hydrogens is 206 g/mol. The third-order valence-corrected chi connectivity index (χ3v) is 3.63. The SMILES string of the molecule is CC(C)C(NCC1(CO)CCCC1)C(=O)O. The van der Waals surface area contributed by atoms with E-state index in [4.69, 9.17) is 5.11 Å². The van der Waals surface area contributed by atoms with E-state index in [2.05, 4.69) is 5.32 Å². The quantitative estimate of drug-likeness (QED) is 0.641.